The van der Waals surface area contributed by atoms with E-state index in [1.54, 1.807) is 11.9 Å². The minimum atomic E-state index is -3.03. The van der Waals surface area contributed by atoms with E-state index in [1.807, 2.05) is 4.58 Å². The Labute approximate surface area is 109 Å². The van der Waals surface area contributed by atoms with Gasteiger partial charge in [-0.05, 0) is 0 Å². The van der Waals surface area contributed by atoms with Crippen LogP contribution in [0.25, 0.3) is 0 Å². The molecule has 1 radical (unpaired) electrons. The van der Waals surface area contributed by atoms with Crippen molar-refractivity contribution < 1.29 is 0 Å². The van der Waals surface area contributed by atoms with Gasteiger partial charge in [-0.3, -0.25) is 0 Å². The Balaban J connectivity index is 2.80. The van der Waals surface area contributed by atoms with E-state index in [4.69, 9.17) is 16.9 Å². The van der Waals surface area contributed by atoms with Crippen LogP contribution in [-0.2, 0) is 0 Å². The average molecular weight is 485 g/mol. The molecule has 2 atom stereocenters. The van der Waals surface area contributed by atoms with Crippen LogP contribution in [0.4, 0.5) is 0 Å². The Morgan fingerprint density at radius 1 is 1.53 bits per heavy atom. The summed E-state index contributed by atoms with van der Waals surface area (Å²) in [4.78, 5) is 2.27. The summed E-state index contributed by atoms with van der Waals surface area (Å²) in [6, 6.07) is 0. The summed E-state index contributed by atoms with van der Waals surface area (Å²) >= 11 is -1.35. The summed E-state index contributed by atoms with van der Waals surface area (Å²) in [5.74, 6) is 0. The number of nitrogens with zero attached hydrogens (tertiary/aromatic N) is 2. The molecule has 0 aromatic rings. The van der Waals surface area contributed by atoms with Gasteiger partial charge in [0.2, 0.25) is 0 Å². The Morgan fingerprint density at radius 3 is 2.53 bits per heavy atom. The van der Waals surface area contributed by atoms with E-state index >= 15 is 0 Å². The fourth-order valence-corrected chi connectivity index (χ4v) is 15.3. The zero-order valence-corrected chi connectivity index (χ0v) is 16.0. The summed E-state index contributed by atoms with van der Waals surface area (Å²) in [5.41, 5.74) is 0. The van der Waals surface area contributed by atoms with Crippen molar-refractivity contribution >= 4 is 60.8 Å². The van der Waals surface area contributed by atoms with Crippen molar-refractivity contribution in [2.45, 2.75) is 8.41 Å². The molecule has 0 fully saturated rings. The topological polar surface area (TPSA) is 6.48 Å². The summed E-state index contributed by atoms with van der Waals surface area (Å²) in [5, 5.41) is 0. The monoisotopic (exact) mass is 484 g/mol. The number of hydrogen-bond donors (Lipinski definition) is 0. The van der Waals surface area contributed by atoms with Crippen molar-refractivity contribution in [3.63, 3.8) is 0 Å². The van der Waals surface area contributed by atoms with Gasteiger partial charge in [0.25, 0.3) is 0 Å². The SMILES string of the molecule is C=[P@H](C)CN1C=CN(SC)[CH]1[PoH]([CH3])([Cl])[Cl]. The Hall–Kier alpha value is 1.47. The Morgan fingerprint density at radius 2 is 2.13 bits per heavy atom. The van der Waals surface area contributed by atoms with E-state index in [-0.39, 0.29) is 3.82 Å². The van der Waals surface area contributed by atoms with E-state index in [9.17, 15) is 0 Å². The first-order valence-corrected chi connectivity index (χ1v) is 22.2. The van der Waals surface area contributed by atoms with Crippen molar-refractivity contribution in [2.75, 3.05) is 19.2 Å². The maximum absolute atomic E-state index is 6.43. The third kappa shape index (κ3) is 4.00. The molecule has 0 amide bonds. The van der Waals surface area contributed by atoms with Gasteiger partial charge in [-0.15, -0.1) is 0 Å². The van der Waals surface area contributed by atoms with Crippen LogP contribution >= 0.6 is 36.4 Å². The zero-order chi connectivity index (χ0) is 11.6. The molecule has 15 heavy (non-hydrogen) atoms. The van der Waals surface area contributed by atoms with Gasteiger partial charge in [0.15, 0.2) is 0 Å². The third-order valence-electron chi connectivity index (χ3n) is 2.00. The molecule has 1 aliphatic rings. The zero-order valence-electron chi connectivity index (χ0n) is 9.15. The normalized spacial score (nSPS) is 24.7. The van der Waals surface area contributed by atoms with Crippen LogP contribution in [0.5, 0.6) is 0 Å². The summed E-state index contributed by atoms with van der Waals surface area (Å²) in [6.45, 7) is 2.20. The van der Waals surface area contributed by atoms with Gasteiger partial charge in [-0.2, -0.15) is 0 Å². The molecule has 0 aromatic carbocycles. The van der Waals surface area contributed by atoms with Gasteiger partial charge in [-0.25, -0.2) is 0 Å². The van der Waals surface area contributed by atoms with Crippen LogP contribution in [-0.4, -0.2) is 56.7 Å². The van der Waals surface area contributed by atoms with Gasteiger partial charge in [-0.1, -0.05) is 0 Å². The van der Waals surface area contributed by atoms with Gasteiger partial charge in [0, 0.05) is 0 Å². The molecule has 0 bridgehead atoms. The molecule has 0 spiro atoms. The number of rotatable bonds is 4. The van der Waals surface area contributed by atoms with Crippen molar-refractivity contribution in [3.8, 4) is 0 Å². The minimum absolute atomic E-state index is 0.213. The molecule has 91 valence electrons. The quantitative estimate of drug-likeness (QED) is 0.447. The average Bonchev–Trinajstić information content (AvgIpc) is 2.45. The molecule has 1 heterocycles. The van der Waals surface area contributed by atoms with E-state index in [1.165, 1.54) is 0 Å². The predicted molar refractivity (Wildman–Crippen MR) is 81.1 cm³/mol. The van der Waals surface area contributed by atoms with Gasteiger partial charge < -0.3 is 0 Å². The Bertz CT molecular complexity index is 282. The summed E-state index contributed by atoms with van der Waals surface area (Å²) in [7, 11) is 12.3. The van der Waals surface area contributed by atoms with Crippen LogP contribution in [0.1, 0.15) is 0 Å². The molecule has 2 nitrogen and oxygen atoms in total. The molecular formula is C8H18Cl2N2PPoS. The van der Waals surface area contributed by atoms with Crippen molar-refractivity contribution in [1.29, 1.82) is 0 Å². The summed E-state index contributed by atoms with van der Waals surface area (Å²) < 4.78 is 4.43. The molecule has 0 N–H and O–H groups in total. The first-order chi connectivity index (χ1) is 6.86. The van der Waals surface area contributed by atoms with Gasteiger partial charge >= 0.3 is 110 Å². The van der Waals surface area contributed by atoms with E-state index in [2.05, 4.69) is 40.8 Å². The molecule has 0 saturated heterocycles. The molecule has 1 aliphatic heterocycles. The molecule has 1 rings (SSSR count). The summed E-state index contributed by atoms with van der Waals surface area (Å²) in [6.07, 6.45) is 11.3. The van der Waals surface area contributed by atoms with E-state index < -0.39 is 25.7 Å². The van der Waals surface area contributed by atoms with Gasteiger partial charge in [0.05, 0.1) is 0 Å². The molecule has 0 aliphatic carbocycles. The number of hydrogen-bond acceptors (Lipinski definition) is 3. The maximum atomic E-state index is 6.43. The van der Waals surface area contributed by atoms with Crippen LogP contribution in [0.3, 0.4) is 0 Å². The Kier molecular flexibility index (Phi) is 5.69. The molecule has 7 heteroatoms. The van der Waals surface area contributed by atoms with Crippen LogP contribution in [0.15, 0.2) is 12.4 Å². The van der Waals surface area contributed by atoms with Gasteiger partial charge in [0.1, 0.15) is 0 Å². The molecule has 0 aromatic heterocycles. The predicted octanol–water partition coefficient (Wildman–Crippen LogP) is 2.73. The standard InChI is InChI=1S/C7H14N2PS.CH3.2ClH.Po.H/c1-10(2)7-8-4-5-9(6-8)11-3;;;;;/h4-6,10H,1,7H2,2-3H3;1H3;2*1H;;/q;;;;+2;/p-2. The second-order valence-electron chi connectivity index (χ2n) is 3.67. The first-order valence-electron chi connectivity index (χ1n) is 4.52. The van der Waals surface area contributed by atoms with Crippen molar-refractivity contribution in [2.24, 2.45) is 0 Å². The fraction of sp³-hybridized carbons (Fsp3) is 0.625. The van der Waals surface area contributed by atoms with Crippen molar-refractivity contribution in [3.05, 3.63) is 12.4 Å². The van der Waals surface area contributed by atoms with Crippen molar-refractivity contribution in [1.82, 2.24) is 9.21 Å². The third-order valence-corrected chi connectivity index (χ3v) is 12.6. The molecule has 1 unspecified atom stereocenters. The van der Waals surface area contributed by atoms with Crippen LogP contribution in [0.2, 0.25) is 4.58 Å². The second kappa shape index (κ2) is 5.88. The molecular weight excluding hydrogens is 467 g/mol. The van der Waals surface area contributed by atoms with Crippen LogP contribution < -0.4 is 0 Å². The van der Waals surface area contributed by atoms with E-state index in [0.717, 1.165) is 6.29 Å². The number of halogens is 2. The second-order valence-corrected chi connectivity index (χ2v) is 29.0. The first kappa shape index (κ1) is 14.5. The fourth-order valence-electron chi connectivity index (χ4n) is 1.51. The molecule has 0 saturated carbocycles. The van der Waals surface area contributed by atoms with Crippen LogP contribution in [0, 0.1) is 0 Å². The van der Waals surface area contributed by atoms with E-state index in [0.29, 0.717) is 0 Å².